The second-order valence-corrected chi connectivity index (χ2v) is 4.25. The van der Waals surface area contributed by atoms with E-state index in [0.717, 1.165) is 12.8 Å². The Balaban J connectivity index is 1.79. The summed E-state index contributed by atoms with van der Waals surface area (Å²) < 4.78 is 5.23. The zero-order valence-corrected chi connectivity index (χ0v) is 9.03. The lowest BCUT2D eigenvalue weighted by Gasteiger charge is -1.95. The first-order valence-electron chi connectivity index (χ1n) is 4.86. The van der Waals surface area contributed by atoms with Crippen molar-refractivity contribution in [1.82, 2.24) is 20.5 Å². The van der Waals surface area contributed by atoms with Crippen LogP contribution < -0.4 is 5.32 Å². The van der Waals surface area contributed by atoms with Crippen molar-refractivity contribution in [2.75, 3.05) is 0 Å². The molecule has 2 heterocycles. The van der Waals surface area contributed by atoms with Gasteiger partial charge in [-0.1, -0.05) is 0 Å². The molecule has 1 saturated carbocycles. The fourth-order valence-corrected chi connectivity index (χ4v) is 1.74. The smallest absolute Gasteiger partial charge is 0.309 e. The van der Waals surface area contributed by atoms with Gasteiger partial charge in [0.05, 0.1) is 5.51 Å². The van der Waals surface area contributed by atoms with Crippen LogP contribution in [-0.4, -0.2) is 27.1 Å². The van der Waals surface area contributed by atoms with E-state index in [0.29, 0.717) is 5.69 Å². The molecule has 0 saturated heterocycles. The van der Waals surface area contributed by atoms with Crippen molar-refractivity contribution in [2.45, 2.75) is 18.9 Å². The van der Waals surface area contributed by atoms with Crippen molar-refractivity contribution in [3.8, 4) is 11.6 Å². The summed E-state index contributed by atoms with van der Waals surface area (Å²) in [6.45, 7) is 0. The third kappa shape index (κ3) is 1.81. The minimum absolute atomic E-state index is 0.00472. The summed E-state index contributed by atoms with van der Waals surface area (Å²) in [4.78, 5) is 15.6. The molecule has 1 amide bonds. The van der Waals surface area contributed by atoms with Crippen LogP contribution in [0.25, 0.3) is 11.6 Å². The lowest BCUT2D eigenvalue weighted by Crippen LogP contribution is -2.25. The lowest BCUT2D eigenvalue weighted by molar-refractivity contribution is 0.0917. The Morgan fingerprint density at radius 3 is 3.06 bits per heavy atom. The van der Waals surface area contributed by atoms with Crippen LogP contribution >= 0.6 is 11.3 Å². The van der Waals surface area contributed by atoms with Crippen molar-refractivity contribution in [3.05, 3.63) is 16.8 Å². The molecule has 82 valence electrons. The third-order valence-corrected chi connectivity index (χ3v) is 2.77. The SMILES string of the molecule is O=C(NC1CC1)c1nnc(-c2cscn2)o1. The van der Waals surface area contributed by atoms with Gasteiger partial charge in [0.15, 0.2) is 0 Å². The van der Waals surface area contributed by atoms with Crippen molar-refractivity contribution >= 4 is 17.2 Å². The molecule has 1 fully saturated rings. The lowest BCUT2D eigenvalue weighted by atomic mass is 10.5. The summed E-state index contributed by atoms with van der Waals surface area (Å²) in [7, 11) is 0. The fourth-order valence-electron chi connectivity index (χ4n) is 1.21. The molecule has 1 aliphatic rings. The molecular weight excluding hydrogens is 228 g/mol. The van der Waals surface area contributed by atoms with Crippen molar-refractivity contribution < 1.29 is 9.21 Å². The Morgan fingerprint density at radius 1 is 1.50 bits per heavy atom. The predicted molar refractivity (Wildman–Crippen MR) is 55.9 cm³/mol. The molecule has 16 heavy (non-hydrogen) atoms. The Bertz CT molecular complexity index is 503. The maximum absolute atomic E-state index is 11.6. The molecule has 0 atom stereocenters. The highest BCUT2D eigenvalue weighted by Crippen LogP contribution is 2.20. The Hall–Kier alpha value is -1.76. The van der Waals surface area contributed by atoms with Crippen molar-refractivity contribution in [1.29, 1.82) is 0 Å². The van der Waals surface area contributed by atoms with E-state index >= 15 is 0 Å². The van der Waals surface area contributed by atoms with Crippen LogP contribution in [0.1, 0.15) is 23.5 Å². The highest BCUT2D eigenvalue weighted by molar-refractivity contribution is 7.07. The van der Waals surface area contributed by atoms with Crippen LogP contribution in [0.2, 0.25) is 0 Å². The van der Waals surface area contributed by atoms with Crippen LogP contribution in [0.4, 0.5) is 0 Å². The van der Waals surface area contributed by atoms with Gasteiger partial charge in [0.2, 0.25) is 0 Å². The minimum atomic E-state index is -0.309. The summed E-state index contributed by atoms with van der Waals surface area (Å²) in [6, 6.07) is 0.280. The summed E-state index contributed by atoms with van der Waals surface area (Å²) in [5.41, 5.74) is 2.27. The van der Waals surface area contributed by atoms with Gasteiger partial charge < -0.3 is 9.73 Å². The maximum Gasteiger partial charge on any atom is 0.309 e. The van der Waals surface area contributed by atoms with Crippen molar-refractivity contribution in [2.24, 2.45) is 0 Å². The first kappa shape index (κ1) is 9.46. The van der Waals surface area contributed by atoms with E-state index in [9.17, 15) is 4.79 Å². The van der Waals surface area contributed by atoms with E-state index in [1.807, 2.05) is 0 Å². The van der Waals surface area contributed by atoms with E-state index in [2.05, 4.69) is 20.5 Å². The fraction of sp³-hybridized carbons (Fsp3) is 0.333. The molecule has 0 aliphatic heterocycles. The molecule has 0 aromatic carbocycles. The van der Waals surface area contributed by atoms with Gasteiger partial charge >= 0.3 is 11.8 Å². The van der Waals surface area contributed by atoms with Gasteiger partial charge in [-0.2, -0.15) is 0 Å². The predicted octanol–water partition coefficient (Wildman–Crippen LogP) is 1.09. The van der Waals surface area contributed by atoms with Gasteiger partial charge in [0.1, 0.15) is 5.69 Å². The Kier molecular flexibility index (Phi) is 2.17. The van der Waals surface area contributed by atoms with E-state index in [1.54, 1.807) is 10.9 Å². The zero-order valence-electron chi connectivity index (χ0n) is 8.21. The number of carbonyl (C=O) groups is 1. The van der Waals surface area contributed by atoms with Gasteiger partial charge in [-0.25, -0.2) is 4.98 Å². The highest BCUT2D eigenvalue weighted by Gasteiger charge is 2.26. The second kappa shape index (κ2) is 3.67. The first-order chi connectivity index (χ1) is 7.83. The van der Waals surface area contributed by atoms with Gasteiger partial charge in [0.25, 0.3) is 5.89 Å². The largest absolute Gasteiger partial charge is 0.411 e. The van der Waals surface area contributed by atoms with Gasteiger partial charge in [-0.3, -0.25) is 4.79 Å². The molecule has 0 unspecified atom stereocenters. The monoisotopic (exact) mass is 236 g/mol. The molecule has 0 bridgehead atoms. The van der Waals surface area contributed by atoms with Crippen LogP contribution in [0.5, 0.6) is 0 Å². The van der Waals surface area contributed by atoms with E-state index < -0.39 is 0 Å². The molecule has 3 rings (SSSR count). The Labute approximate surface area is 94.7 Å². The summed E-state index contributed by atoms with van der Waals surface area (Å²) in [5, 5.41) is 12.0. The Morgan fingerprint density at radius 2 is 2.38 bits per heavy atom. The second-order valence-electron chi connectivity index (χ2n) is 3.53. The molecule has 7 heteroatoms. The standard InChI is InChI=1S/C9H8N4O2S/c14-7(11-5-1-2-5)9-13-12-8(15-9)6-3-16-4-10-6/h3-5H,1-2H2,(H,11,14). The topological polar surface area (TPSA) is 80.9 Å². The maximum atomic E-state index is 11.6. The average molecular weight is 236 g/mol. The van der Waals surface area contributed by atoms with Crippen molar-refractivity contribution in [3.63, 3.8) is 0 Å². The van der Waals surface area contributed by atoms with E-state index in [-0.39, 0.29) is 23.7 Å². The highest BCUT2D eigenvalue weighted by atomic mass is 32.1. The molecular formula is C9H8N4O2S. The van der Waals surface area contributed by atoms with E-state index in [4.69, 9.17) is 4.42 Å². The number of amides is 1. The van der Waals surface area contributed by atoms with Crippen LogP contribution in [0.15, 0.2) is 15.3 Å². The molecule has 2 aromatic rings. The number of aromatic nitrogens is 3. The minimum Gasteiger partial charge on any atom is -0.411 e. The first-order valence-corrected chi connectivity index (χ1v) is 5.80. The number of hydrogen-bond acceptors (Lipinski definition) is 6. The molecule has 2 aromatic heterocycles. The van der Waals surface area contributed by atoms with E-state index in [1.165, 1.54) is 11.3 Å². The van der Waals surface area contributed by atoms with Gasteiger partial charge in [-0.15, -0.1) is 21.5 Å². The van der Waals surface area contributed by atoms with Gasteiger partial charge in [0, 0.05) is 11.4 Å². The molecule has 1 N–H and O–H groups in total. The number of hydrogen-bond donors (Lipinski definition) is 1. The van der Waals surface area contributed by atoms with Crippen LogP contribution in [0.3, 0.4) is 0 Å². The quantitative estimate of drug-likeness (QED) is 0.862. The number of thiazole rings is 1. The molecule has 0 spiro atoms. The zero-order chi connectivity index (χ0) is 11.0. The van der Waals surface area contributed by atoms with Crippen LogP contribution in [-0.2, 0) is 0 Å². The summed E-state index contributed by atoms with van der Waals surface area (Å²) in [6.07, 6.45) is 2.05. The normalized spacial score (nSPS) is 15.0. The van der Waals surface area contributed by atoms with Gasteiger partial charge in [-0.05, 0) is 12.8 Å². The summed E-state index contributed by atoms with van der Waals surface area (Å²) >= 11 is 1.43. The third-order valence-electron chi connectivity index (χ3n) is 2.18. The molecule has 1 aliphatic carbocycles. The average Bonchev–Trinajstić information content (AvgIpc) is 2.84. The molecule has 6 nitrogen and oxygen atoms in total. The van der Waals surface area contributed by atoms with Crippen LogP contribution in [0, 0.1) is 0 Å². The number of nitrogens with one attached hydrogen (secondary N) is 1. The number of nitrogens with zero attached hydrogens (tertiary/aromatic N) is 3. The molecule has 0 radical (unpaired) electrons. The number of rotatable bonds is 3. The number of carbonyl (C=O) groups excluding carboxylic acids is 1. The summed E-state index contributed by atoms with van der Waals surface area (Å²) in [5.74, 6) is -0.0337.